The van der Waals surface area contributed by atoms with Crippen molar-refractivity contribution in [1.29, 1.82) is 0 Å². The Balaban J connectivity index is 5.14. The minimum Gasteiger partial charge on any atom is -0.504 e. The van der Waals surface area contributed by atoms with Crippen molar-refractivity contribution in [3.8, 4) is 0 Å². The number of aliphatic hydroxyl groups excluding tert-OH is 1. The van der Waals surface area contributed by atoms with E-state index in [0.717, 1.165) is 0 Å². The average molecular weight is 222 g/mol. The zero-order valence-electron chi connectivity index (χ0n) is 6.62. The summed E-state index contributed by atoms with van der Waals surface area (Å²) in [4.78, 5) is 10.2. The van der Waals surface area contributed by atoms with Crippen LogP contribution in [-0.4, -0.2) is 23.2 Å². The maximum Gasteiger partial charge on any atom is 0.454 e. The molecule has 0 unspecified atom stereocenters. The van der Waals surface area contributed by atoms with E-state index in [-0.39, 0.29) is 6.92 Å². The van der Waals surface area contributed by atoms with Crippen molar-refractivity contribution in [2.75, 3.05) is 0 Å². The second kappa shape index (κ2) is 3.50. The first-order valence-corrected chi connectivity index (χ1v) is 3.06. The van der Waals surface area contributed by atoms with Crippen molar-refractivity contribution in [3.05, 3.63) is 11.3 Å². The molecule has 0 rings (SSSR count). The Morgan fingerprint density at radius 1 is 1.00 bits per heavy atom. The van der Waals surface area contributed by atoms with Gasteiger partial charge in [-0.05, 0) is 6.92 Å². The minimum absolute atomic E-state index is 0.249. The number of alkyl halides is 6. The molecule has 0 aromatic rings. The van der Waals surface area contributed by atoms with Crippen LogP contribution in [-0.2, 0) is 4.79 Å². The molecular formula is C6H4F6O2. The van der Waals surface area contributed by atoms with E-state index in [4.69, 9.17) is 5.11 Å². The Hall–Kier alpha value is -1.21. The number of hydrogen-bond donors (Lipinski definition) is 1. The molecular weight excluding hydrogens is 218 g/mol. The molecule has 1 N–H and O–H groups in total. The summed E-state index contributed by atoms with van der Waals surface area (Å²) in [5.74, 6) is -5.24. The highest BCUT2D eigenvalue weighted by Crippen LogP contribution is 2.29. The second-order valence-corrected chi connectivity index (χ2v) is 2.30. The van der Waals surface area contributed by atoms with Gasteiger partial charge in [0.05, 0.1) is 0 Å². The van der Waals surface area contributed by atoms with E-state index in [2.05, 4.69) is 0 Å². The maximum atomic E-state index is 11.6. The normalized spacial score (nSPS) is 15.1. The molecule has 0 atom stereocenters. The number of hydrogen-bond acceptors (Lipinski definition) is 2. The molecule has 0 aromatic heterocycles. The lowest BCUT2D eigenvalue weighted by atomic mass is 10.1. The summed E-state index contributed by atoms with van der Waals surface area (Å²) >= 11 is 0. The van der Waals surface area contributed by atoms with Crippen molar-refractivity contribution >= 4 is 5.78 Å². The van der Waals surface area contributed by atoms with Gasteiger partial charge in [-0.15, -0.1) is 0 Å². The number of halogens is 6. The second-order valence-electron chi connectivity index (χ2n) is 2.30. The Morgan fingerprint density at radius 2 is 1.36 bits per heavy atom. The molecule has 8 heteroatoms. The quantitative estimate of drug-likeness (QED) is 0.420. The van der Waals surface area contributed by atoms with Crippen LogP contribution in [0.2, 0.25) is 0 Å². The predicted molar refractivity (Wildman–Crippen MR) is 32.4 cm³/mol. The van der Waals surface area contributed by atoms with Gasteiger partial charge in [0.1, 0.15) is 0 Å². The Morgan fingerprint density at radius 3 is 1.57 bits per heavy atom. The van der Waals surface area contributed by atoms with E-state index in [9.17, 15) is 31.1 Å². The van der Waals surface area contributed by atoms with Crippen LogP contribution >= 0.6 is 0 Å². The first kappa shape index (κ1) is 12.8. The molecule has 82 valence electrons. The maximum absolute atomic E-state index is 11.6. The third kappa shape index (κ3) is 2.93. The molecule has 0 heterocycles. The van der Waals surface area contributed by atoms with E-state index in [0.29, 0.717) is 0 Å². The first-order chi connectivity index (χ1) is 5.98. The largest absolute Gasteiger partial charge is 0.504 e. The molecule has 0 aliphatic rings. The molecule has 0 radical (unpaired) electrons. The highest BCUT2D eigenvalue weighted by molar-refractivity contribution is 5.99. The highest BCUT2D eigenvalue weighted by atomic mass is 19.4. The number of allylic oxidation sites excluding steroid dienone is 2. The Labute approximate surface area is 73.8 Å². The summed E-state index contributed by atoms with van der Waals surface area (Å²) in [6.45, 7) is 0.249. The van der Waals surface area contributed by atoms with Crippen molar-refractivity contribution < 1.29 is 36.2 Å². The van der Waals surface area contributed by atoms with E-state index in [1.54, 1.807) is 0 Å². The zero-order chi connectivity index (χ0) is 11.7. The van der Waals surface area contributed by atoms with Gasteiger partial charge in [0.2, 0.25) is 5.76 Å². The molecule has 0 saturated heterocycles. The average Bonchev–Trinajstić information content (AvgIpc) is 1.97. The fourth-order valence-electron chi connectivity index (χ4n) is 0.533. The smallest absolute Gasteiger partial charge is 0.454 e. The number of rotatable bonds is 1. The highest BCUT2D eigenvalue weighted by Gasteiger charge is 2.45. The summed E-state index contributed by atoms with van der Waals surface area (Å²) in [5, 5.41) is 8.22. The van der Waals surface area contributed by atoms with Crippen LogP contribution < -0.4 is 0 Å². The van der Waals surface area contributed by atoms with E-state index in [1.807, 2.05) is 0 Å². The number of ketones is 1. The van der Waals surface area contributed by atoms with Crippen LogP contribution in [0.5, 0.6) is 0 Å². The first-order valence-electron chi connectivity index (χ1n) is 3.06. The zero-order valence-corrected chi connectivity index (χ0v) is 6.62. The SMILES string of the molecule is C/C(C(=O)C(F)(F)F)=C(/O)C(F)(F)F. The standard InChI is InChI=1S/C6H4F6O2/c1-2(3(13)5(7,8)9)4(14)6(10,11)12/h13H,1H3/b3-2-. The van der Waals surface area contributed by atoms with Gasteiger partial charge in [-0.3, -0.25) is 4.79 Å². The monoisotopic (exact) mass is 222 g/mol. The summed E-state index contributed by atoms with van der Waals surface area (Å²) in [7, 11) is 0. The van der Waals surface area contributed by atoms with Crippen molar-refractivity contribution in [2.45, 2.75) is 19.3 Å². The number of aliphatic hydroxyl groups is 1. The summed E-state index contributed by atoms with van der Waals surface area (Å²) in [6.07, 6.45) is -10.8. The van der Waals surface area contributed by atoms with Crippen LogP contribution in [0.25, 0.3) is 0 Å². The molecule has 0 amide bonds. The molecule has 0 saturated carbocycles. The van der Waals surface area contributed by atoms with Crippen LogP contribution in [0.3, 0.4) is 0 Å². The van der Waals surface area contributed by atoms with Crippen molar-refractivity contribution in [2.24, 2.45) is 0 Å². The lowest BCUT2D eigenvalue weighted by molar-refractivity contribution is -0.168. The van der Waals surface area contributed by atoms with Gasteiger partial charge in [0, 0.05) is 5.57 Å². The van der Waals surface area contributed by atoms with Crippen molar-refractivity contribution in [1.82, 2.24) is 0 Å². The molecule has 0 aliphatic carbocycles. The van der Waals surface area contributed by atoms with E-state index < -0.39 is 29.5 Å². The van der Waals surface area contributed by atoms with Gasteiger partial charge in [-0.2, -0.15) is 26.3 Å². The van der Waals surface area contributed by atoms with Gasteiger partial charge in [0.25, 0.3) is 5.78 Å². The molecule has 2 nitrogen and oxygen atoms in total. The molecule has 0 spiro atoms. The van der Waals surface area contributed by atoms with E-state index >= 15 is 0 Å². The van der Waals surface area contributed by atoms with Gasteiger partial charge in [-0.25, -0.2) is 0 Å². The predicted octanol–water partition coefficient (Wildman–Crippen LogP) is 2.51. The lowest BCUT2D eigenvalue weighted by Gasteiger charge is -2.10. The van der Waals surface area contributed by atoms with Gasteiger partial charge < -0.3 is 5.11 Å². The van der Waals surface area contributed by atoms with Crippen LogP contribution in [0, 0.1) is 0 Å². The molecule has 14 heavy (non-hydrogen) atoms. The summed E-state index contributed by atoms with van der Waals surface area (Å²) < 4.78 is 69.6. The summed E-state index contributed by atoms with van der Waals surface area (Å²) in [5.41, 5.74) is -1.77. The molecule has 0 bridgehead atoms. The molecule has 0 aromatic carbocycles. The minimum atomic E-state index is -5.43. The van der Waals surface area contributed by atoms with Gasteiger partial charge >= 0.3 is 12.4 Å². The third-order valence-electron chi connectivity index (χ3n) is 1.22. The lowest BCUT2D eigenvalue weighted by Crippen LogP contribution is -2.27. The van der Waals surface area contributed by atoms with E-state index in [1.165, 1.54) is 0 Å². The third-order valence-corrected chi connectivity index (χ3v) is 1.22. The van der Waals surface area contributed by atoms with Crippen LogP contribution in [0.15, 0.2) is 11.3 Å². The molecule has 0 aliphatic heterocycles. The van der Waals surface area contributed by atoms with Gasteiger partial charge in [-0.1, -0.05) is 0 Å². The fourth-order valence-corrected chi connectivity index (χ4v) is 0.533. The number of carbonyl (C=O) groups excluding carboxylic acids is 1. The van der Waals surface area contributed by atoms with Crippen LogP contribution in [0.4, 0.5) is 26.3 Å². The topological polar surface area (TPSA) is 37.3 Å². The van der Waals surface area contributed by atoms with Gasteiger partial charge in [0.15, 0.2) is 0 Å². The van der Waals surface area contributed by atoms with Crippen molar-refractivity contribution in [3.63, 3.8) is 0 Å². The number of Topliss-reactive ketones (excluding diaryl/α,β-unsaturated/α-hetero) is 1. The Bertz CT molecular complexity index is 271. The fraction of sp³-hybridized carbons (Fsp3) is 0.500. The Kier molecular flexibility index (Phi) is 3.20. The summed E-state index contributed by atoms with van der Waals surface area (Å²) in [6, 6.07) is 0. The molecule has 0 fully saturated rings. The number of carbonyl (C=O) groups is 1. The van der Waals surface area contributed by atoms with Crippen LogP contribution in [0.1, 0.15) is 6.92 Å².